The third-order valence-corrected chi connectivity index (χ3v) is 3.42. The SMILES string of the molecule is CCCCCCCCn1nnc(C(=O)OC)c1C(C)C. The van der Waals surface area contributed by atoms with Crippen molar-refractivity contribution in [3.8, 4) is 0 Å². The maximum atomic E-state index is 11.7. The Kier molecular flexibility index (Phi) is 7.26. The van der Waals surface area contributed by atoms with E-state index in [0.717, 1.165) is 18.7 Å². The van der Waals surface area contributed by atoms with Crippen molar-refractivity contribution in [3.05, 3.63) is 11.4 Å². The van der Waals surface area contributed by atoms with Gasteiger partial charge in [-0.15, -0.1) is 5.10 Å². The number of hydrogen-bond acceptors (Lipinski definition) is 4. The zero-order chi connectivity index (χ0) is 15.0. The fourth-order valence-electron chi connectivity index (χ4n) is 2.34. The van der Waals surface area contributed by atoms with Gasteiger partial charge in [-0.1, -0.05) is 58.1 Å². The summed E-state index contributed by atoms with van der Waals surface area (Å²) in [6.07, 6.45) is 7.43. The highest BCUT2D eigenvalue weighted by molar-refractivity contribution is 5.88. The molecule has 0 amide bonds. The highest BCUT2D eigenvalue weighted by Gasteiger charge is 2.22. The molecular formula is C15H27N3O2. The molecule has 0 N–H and O–H groups in total. The van der Waals surface area contributed by atoms with Crippen molar-refractivity contribution in [1.82, 2.24) is 15.0 Å². The highest BCUT2D eigenvalue weighted by atomic mass is 16.5. The molecule has 1 aromatic rings. The van der Waals surface area contributed by atoms with Crippen molar-refractivity contribution in [2.45, 2.75) is 71.8 Å². The molecule has 5 heteroatoms. The second-order valence-electron chi connectivity index (χ2n) is 5.46. The van der Waals surface area contributed by atoms with E-state index in [-0.39, 0.29) is 5.92 Å². The zero-order valence-corrected chi connectivity index (χ0v) is 13.2. The normalized spacial score (nSPS) is 11.1. The van der Waals surface area contributed by atoms with Crippen LogP contribution in [0.5, 0.6) is 0 Å². The molecule has 114 valence electrons. The first-order chi connectivity index (χ1) is 9.61. The summed E-state index contributed by atoms with van der Waals surface area (Å²) >= 11 is 0. The number of rotatable bonds is 9. The van der Waals surface area contributed by atoms with E-state index in [2.05, 4.69) is 17.2 Å². The van der Waals surface area contributed by atoms with Gasteiger partial charge in [-0.25, -0.2) is 9.48 Å². The number of ether oxygens (including phenoxy) is 1. The lowest BCUT2D eigenvalue weighted by Gasteiger charge is -2.10. The van der Waals surface area contributed by atoms with Gasteiger partial charge in [0.15, 0.2) is 5.69 Å². The topological polar surface area (TPSA) is 57.0 Å². The van der Waals surface area contributed by atoms with Crippen molar-refractivity contribution < 1.29 is 9.53 Å². The number of aryl methyl sites for hydroxylation is 1. The van der Waals surface area contributed by atoms with Crippen LogP contribution in [0.25, 0.3) is 0 Å². The molecule has 0 saturated carbocycles. The van der Waals surface area contributed by atoms with E-state index >= 15 is 0 Å². The van der Waals surface area contributed by atoms with Crippen LogP contribution < -0.4 is 0 Å². The number of methoxy groups -OCH3 is 1. The number of esters is 1. The van der Waals surface area contributed by atoms with Crippen molar-refractivity contribution in [2.24, 2.45) is 0 Å². The smallest absolute Gasteiger partial charge is 0.360 e. The fourth-order valence-corrected chi connectivity index (χ4v) is 2.34. The van der Waals surface area contributed by atoms with Gasteiger partial charge in [0.2, 0.25) is 0 Å². The Bertz CT molecular complexity index is 413. The van der Waals surface area contributed by atoms with Crippen molar-refractivity contribution in [1.29, 1.82) is 0 Å². The Morgan fingerprint density at radius 2 is 1.85 bits per heavy atom. The quantitative estimate of drug-likeness (QED) is 0.513. The minimum Gasteiger partial charge on any atom is -0.464 e. The van der Waals surface area contributed by atoms with E-state index in [1.807, 2.05) is 18.5 Å². The molecule has 0 aromatic carbocycles. The molecule has 0 radical (unpaired) electrons. The first kappa shape index (κ1) is 16.7. The molecule has 0 saturated heterocycles. The predicted molar refractivity (Wildman–Crippen MR) is 78.8 cm³/mol. The molecule has 5 nitrogen and oxygen atoms in total. The van der Waals surface area contributed by atoms with E-state index < -0.39 is 5.97 Å². The lowest BCUT2D eigenvalue weighted by atomic mass is 10.1. The van der Waals surface area contributed by atoms with Crippen LogP contribution in [0.15, 0.2) is 0 Å². The lowest BCUT2D eigenvalue weighted by Crippen LogP contribution is -2.11. The largest absolute Gasteiger partial charge is 0.464 e. The molecule has 1 aromatic heterocycles. The van der Waals surface area contributed by atoms with Crippen LogP contribution in [0.2, 0.25) is 0 Å². The number of nitrogens with zero attached hydrogens (tertiary/aromatic N) is 3. The molecule has 0 spiro atoms. The van der Waals surface area contributed by atoms with Crippen LogP contribution in [-0.4, -0.2) is 28.1 Å². The molecule has 0 bridgehead atoms. The van der Waals surface area contributed by atoms with E-state index in [4.69, 9.17) is 4.74 Å². The Morgan fingerprint density at radius 1 is 1.20 bits per heavy atom. The Morgan fingerprint density at radius 3 is 2.45 bits per heavy atom. The van der Waals surface area contributed by atoms with Gasteiger partial charge in [0.05, 0.1) is 12.8 Å². The van der Waals surface area contributed by atoms with E-state index in [1.54, 1.807) is 0 Å². The molecular weight excluding hydrogens is 254 g/mol. The van der Waals surface area contributed by atoms with Crippen LogP contribution in [0.4, 0.5) is 0 Å². The van der Waals surface area contributed by atoms with Crippen molar-refractivity contribution in [3.63, 3.8) is 0 Å². The molecule has 0 unspecified atom stereocenters. The Hall–Kier alpha value is -1.39. The van der Waals surface area contributed by atoms with Crippen molar-refractivity contribution >= 4 is 5.97 Å². The molecule has 0 aliphatic rings. The molecule has 0 atom stereocenters. The minimum absolute atomic E-state index is 0.208. The Labute approximate surface area is 121 Å². The average Bonchev–Trinajstić information content (AvgIpc) is 2.85. The van der Waals surface area contributed by atoms with E-state index in [1.165, 1.54) is 39.2 Å². The number of carbonyl (C=O) groups is 1. The standard InChI is InChI=1S/C15H27N3O2/c1-5-6-7-8-9-10-11-18-14(12(2)3)13(16-17-18)15(19)20-4/h12H,5-11H2,1-4H3. The lowest BCUT2D eigenvalue weighted by molar-refractivity contribution is 0.0592. The summed E-state index contributed by atoms with van der Waals surface area (Å²) in [5, 5.41) is 8.08. The second-order valence-corrected chi connectivity index (χ2v) is 5.46. The van der Waals surface area contributed by atoms with Crippen LogP contribution in [0.3, 0.4) is 0 Å². The van der Waals surface area contributed by atoms with Crippen LogP contribution in [0.1, 0.15) is 81.4 Å². The van der Waals surface area contributed by atoms with Gasteiger partial charge >= 0.3 is 5.97 Å². The van der Waals surface area contributed by atoms with Gasteiger partial charge in [-0.05, 0) is 12.3 Å². The Balaban J connectivity index is 2.57. The summed E-state index contributed by atoms with van der Waals surface area (Å²) in [7, 11) is 1.37. The third-order valence-electron chi connectivity index (χ3n) is 3.42. The van der Waals surface area contributed by atoms with Crippen molar-refractivity contribution in [2.75, 3.05) is 7.11 Å². The monoisotopic (exact) mass is 281 g/mol. The summed E-state index contributed by atoms with van der Waals surface area (Å²) in [5.74, 6) is -0.193. The van der Waals surface area contributed by atoms with Gasteiger partial charge in [-0.2, -0.15) is 0 Å². The maximum absolute atomic E-state index is 11.7. The summed E-state index contributed by atoms with van der Waals surface area (Å²) in [6, 6.07) is 0. The van der Waals surface area contributed by atoms with Gasteiger partial charge in [0, 0.05) is 6.54 Å². The molecule has 20 heavy (non-hydrogen) atoms. The molecule has 0 fully saturated rings. The van der Waals surface area contributed by atoms with Crippen LogP contribution in [0, 0.1) is 0 Å². The van der Waals surface area contributed by atoms with Gasteiger partial charge < -0.3 is 4.74 Å². The fraction of sp³-hybridized carbons (Fsp3) is 0.800. The number of aromatic nitrogens is 3. The summed E-state index contributed by atoms with van der Waals surface area (Å²) < 4.78 is 6.61. The first-order valence-electron chi connectivity index (χ1n) is 7.63. The molecule has 1 heterocycles. The summed E-state index contributed by atoms with van der Waals surface area (Å²) in [6.45, 7) is 7.13. The van der Waals surface area contributed by atoms with Crippen LogP contribution in [-0.2, 0) is 11.3 Å². The maximum Gasteiger partial charge on any atom is 0.360 e. The zero-order valence-electron chi connectivity index (χ0n) is 13.2. The van der Waals surface area contributed by atoms with Gasteiger partial charge in [0.25, 0.3) is 0 Å². The summed E-state index contributed by atoms with van der Waals surface area (Å²) in [4.78, 5) is 11.7. The number of hydrogen-bond donors (Lipinski definition) is 0. The average molecular weight is 281 g/mol. The van der Waals surface area contributed by atoms with E-state index in [9.17, 15) is 4.79 Å². The molecule has 0 aliphatic carbocycles. The number of carbonyl (C=O) groups excluding carboxylic acids is 1. The van der Waals surface area contributed by atoms with Gasteiger partial charge in [-0.3, -0.25) is 0 Å². The second kappa shape index (κ2) is 8.72. The predicted octanol–water partition coefficient (Wildman–Crippen LogP) is 3.55. The number of unbranched alkanes of at least 4 members (excludes halogenated alkanes) is 5. The summed E-state index contributed by atoms with van der Waals surface area (Å²) in [5.41, 5.74) is 1.24. The molecule has 0 aliphatic heterocycles. The van der Waals surface area contributed by atoms with Gasteiger partial charge in [0.1, 0.15) is 0 Å². The first-order valence-corrected chi connectivity index (χ1v) is 7.63. The molecule has 1 rings (SSSR count). The van der Waals surface area contributed by atoms with E-state index in [0.29, 0.717) is 5.69 Å². The minimum atomic E-state index is -0.400. The highest BCUT2D eigenvalue weighted by Crippen LogP contribution is 2.19. The third kappa shape index (κ3) is 4.62. The van der Waals surface area contributed by atoms with Crippen LogP contribution >= 0.6 is 0 Å².